The predicted octanol–water partition coefficient (Wildman–Crippen LogP) is 2.71. The SMILES string of the molecule is O=C1CSC2(C(=O)Nc3ccccc32)N1c1cccc(F)c1. The molecule has 2 aromatic carbocycles. The number of halogens is 1. The molecule has 0 aliphatic carbocycles. The van der Waals surface area contributed by atoms with E-state index in [1.807, 2.05) is 18.2 Å². The molecular formula is C16H11FN2O2S. The molecule has 4 nitrogen and oxygen atoms in total. The van der Waals surface area contributed by atoms with Crippen LogP contribution in [0.2, 0.25) is 0 Å². The third-order valence-corrected chi connectivity index (χ3v) is 5.28. The second kappa shape index (κ2) is 4.58. The number of nitrogens with zero attached hydrogens (tertiary/aromatic N) is 1. The Morgan fingerprint density at radius 1 is 1.14 bits per heavy atom. The minimum atomic E-state index is -1.15. The van der Waals surface area contributed by atoms with Crippen LogP contribution in [-0.4, -0.2) is 17.6 Å². The number of carbonyl (C=O) groups is 2. The van der Waals surface area contributed by atoms with Crippen LogP contribution in [0.5, 0.6) is 0 Å². The minimum Gasteiger partial charge on any atom is -0.323 e. The molecule has 1 unspecified atom stereocenters. The average Bonchev–Trinajstić information content (AvgIpc) is 2.99. The summed E-state index contributed by atoms with van der Waals surface area (Å²) in [6.45, 7) is 0. The summed E-state index contributed by atoms with van der Waals surface area (Å²) in [6, 6.07) is 13.0. The zero-order valence-electron chi connectivity index (χ0n) is 11.4. The first-order chi connectivity index (χ1) is 10.6. The Balaban J connectivity index is 1.94. The van der Waals surface area contributed by atoms with Crippen LogP contribution >= 0.6 is 11.8 Å². The highest BCUT2D eigenvalue weighted by atomic mass is 32.2. The van der Waals surface area contributed by atoms with Gasteiger partial charge >= 0.3 is 0 Å². The maximum absolute atomic E-state index is 13.6. The van der Waals surface area contributed by atoms with Crippen LogP contribution in [0.4, 0.5) is 15.8 Å². The number of amides is 2. The number of carbonyl (C=O) groups excluding carboxylic acids is 2. The van der Waals surface area contributed by atoms with E-state index in [1.165, 1.54) is 34.9 Å². The third-order valence-electron chi connectivity index (χ3n) is 3.88. The Hall–Kier alpha value is -2.34. The number of anilines is 2. The van der Waals surface area contributed by atoms with Crippen molar-refractivity contribution < 1.29 is 14.0 Å². The Morgan fingerprint density at radius 2 is 1.95 bits per heavy atom. The molecule has 2 aliphatic heterocycles. The lowest BCUT2D eigenvalue weighted by Crippen LogP contribution is -2.47. The molecule has 4 rings (SSSR count). The van der Waals surface area contributed by atoms with Gasteiger partial charge in [-0.1, -0.05) is 24.3 Å². The molecule has 22 heavy (non-hydrogen) atoms. The number of nitrogens with one attached hydrogen (secondary N) is 1. The second-order valence-electron chi connectivity index (χ2n) is 5.14. The van der Waals surface area contributed by atoms with Crippen molar-refractivity contribution in [2.45, 2.75) is 4.87 Å². The first-order valence-electron chi connectivity index (χ1n) is 6.76. The second-order valence-corrected chi connectivity index (χ2v) is 6.31. The van der Waals surface area contributed by atoms with Crippen molar-refractivity contribution in [3.63, 3.8) is 0 Å². The van der Waals surface area contributed by atoms with E-state index >= 15 is 0 Å². The summed E-state index contributed by atoms with van der Waals surface area (Å²) in [5.41, 5.74) is 1.82. The molecule has 2 amide bonds. The first-order valence-corrected chi connectivity index (χ1v) is 7.75. The van der Waals surface area contributed by atoms with Crippen LogP contribution in [0.3, 0.4) is 0 Å². The number of para-hydroxylation sites is 1. The van der Waals surface area contributed by atoms with Gasteiger partial charge in [0.05, 0.1) is 5.75 Å². The lowest BCUT2D eigenvalue weighted by molar-refractivity contribution is -0.122. The van der Waals surface area contributed by atoms with E-state index in [1.54, 1.807) is 12.1 Å². The van der Waals surface area contributed by atoms with Gasteiger partial charge in [0.2, 0.25) is 10.8 Å². The molecule has 1 saturated heterocycles. The van der Waals surface area contributed by atoms with E-state index in [4.69, 9.17) is 0 Å². The Morgan fingerprint density at radius 3 is 2.77 bits per heavy atom. The van der Waals surface area contributed by atoms with Crippen LogP contribution in [0, 0.1) is 5.82 Å². The molecule has 1 spiro atoms. The third kappa shape index (κ3) is 1.64. The summed E-state index contributed by atoms with van der Waals surface area (Å²) in [4.78, 5) is 25.3. The lowest BCUT2D eigenvalue weighted by Gasteiger charge is -2.32. The van der Waals surface area contributed by atoms with Crippen molar-refractivity contribution in [2.24, 2.45) is 0 Å². The molecule has 1 fully saturated rings. The topological polar surface area (TPSA) is 49.4 Å². The lowest BCUT2D eigenvalue weighted by atomic mass is 10.0. The Labute approximate surface area is 130 Å². The number of thioether (sulfide) groups is 1. The van der Waals surface area contributed by atoms with Crippen LogP contribution in [-0.2, 0) is 14.5 Å². The highest BCUT2D eigenvalue weighted by Crippen LogP contribution is 2.53. The number of hydrogen-bond donors (Lipinski definition) is 1. The Kier molecular flexibility index (Phi) is 2.77. The molecule has 0 aromatic heterocycles. The highest BCUT2D eigenvalue weighted by molar-refractivity contribution is 8.02. The van der Waals surface area contributed by atoms with Gasteiger partial charge in [-0.25, -0.2) is 4.39 Å². The number of hydrogen-bond acceptors (Lipinski definition) is 3. The van der Waals surface area contributed by atoms with Gasteiger partial charge in [0, 0.05) is 16.9 Å². The molecule has 2 aliphatic rings. The van der Waals surface area contributed by atoms with Crippen LogP contribution < -0.4 is 10.2 Å². The summed E-state index contributed by atoms with van der Waals surface area (Å²) in [5.74, 6) is -0.738. The van der Waals surface area contributed by atoms with E-state index in [9.17, 15) is 14.0 Å². The van der Waals surface area contributed by atoms with E-state index in [0.29, 0.717) is 11.4 Å². The molecule has 0 saturated carbocycles. The molecule has 1 N–H and O–H groups in total. The zero-order valence-corrected chi connectivity index (χ0v) is 12.2. The van der Waals surface area contributed by atoms with E-state index in [-0.39, 0.29) is 17.6 Å². The van der Waals surface area contributed by atoms with Crippen molar-refractivity contribution in [3.8, 4) is 0 Å². The molecule has 0 bridgehead atoms. The molecule has 6 heteroatoms. The molecule has 0 radical (unpaired) electrons. The van der Waals surface area contributed by atoms with E-state index in [0.717, 1.165) is 5.56 Å². The standard InChI is InChI=1S/C16H11FN2O2S/c17-10-4-3-5-11(8-10)19-14(20)9-22-16(19)12-6-1-2-7-13(12)18-15(16)21/h1-8H,9H2,(H,18,21). The van der Waals surface area contributed by atoms with Crippen molar-refractivity contribution in [1.82, 2.24) is 0 Å². The summed E-state index contributed by atoms with van der Waals surface area (Å²) in [7, 11) is 0. The van der Waals surface area contributed by atoms with Crippen LogP contribution in [0.15, 0.2) is 48.5 Å². The van der Waals surface area contributed by atoms with Gasteiger partial charge < -0.3 is 5.32 Å². The number of benzene rings is 2. The quantitative estimate of drug-likeness (QED) is 0.880. The van der Waals surface area contributed by atoms with Gasteiger partial charge in [0.15, 0.2) is 0 Å². The summed E-state index contributed by atoms with van der Waals surface area (Å²) in [5, 5.41) is 2.82. The van der Waals surface area contributed by atoms with Crippen LogP contribution in [0.1, 0.15) is 5.56 Å². The van der Waals surface area contributed by atoms with Crippen molar-refractivity contribution in [3.05, 3.63) is 59.9 Å². The van der Waals surface area contributed by atoms with Gasteiger partial charge in [-0.05, 0) is 24.3 Å². The number of rotatable bonds is 1. The van der Waals surface area contributed by atoms with Crippen molar-refractivity contribution >= 4 is 35.0 Å². The predicted molar refractivity (Wildman–Crippen MR) is 83.1 cm³/mol. The maximum atomic E-state index is 13.6. The summed E-state index contributed by atoms with van der Waals surface area (Å²) < 4.78 is 13.6. The highest BCUT2D eigenvalue weighted by Gasteiger charge is 2.58. The average molecular weight is 314 g/mol. The van der Waals surface area contributed by atoms with E-state index < -0.39 is 10.7 Å². The molecule has 2 aromatic rings. The summed E-state index contributed by atoms with van der Waals surface area (Å²) >= 11 is 1.26. The maximum Gasteiger partial charge on any atom is 0.266 e. The van der Waals surface area contributed by atoms with Gasteiger partial charge in [0.25, 0.3) is 5.91 Å². The Bertz CT molecular complexity index is 810. The van der Waals surface area contributed by atoms with Crippen molar-refractivity contribution in [1.29, 1.82) is 0 Å². The fraction of sp³-hybridized carbons (Fsp3) is 0.125. The van der Waals surface area contributed by atoms with Crippen molar-refractivity contribution in [2.75, 3.05) is 16.0 Å². The fourth-order valence-corrected chi connectivity index (χ4v) is 4.31. The zero-order chi connectivity index (χ0) is 15.3. The molecule has 2 heterocycles. The normalized spacial score (nSPS) is 23.0. The minimum absolute atomic E-state index is 0.179. The van der Waals surface area contributed by atoms with Crippen LogP contribution in [0.25, 0.3) is 0 Å². The molecular weight excluding hydrogens is 303 g/mol. The monoisotopic (exact) mass is 314 g/mol. The van der Waals surface area contributed by atoms with E-state index in [2.05, 4.69) is 5.32 Å². The summed E-state index contributed by atoms with van der Waals surface area (Å²) in [6.07, 6.45) is 0. The van der Waals surface area contributed by atoms with Gasteiger partial charge in [0.1, 0.15) is 5.82 Å². The fourth-order valence-electron chi connectivity index (χ4n) is 2.99. The first kappa shape index (κ1) is 13.3. The molecule has 110 valence electrons. The van der Waals surface area contributed by atoms with Gasteiger partial charge in [-0.2, -0.15) is 0 Å². The molecule has 1 atom stereocenters. The largest absolute Gasteiger partial charge is 0.323 e. The number of fused-ring (bicyclic) bond motifs is 2. The van der Waals surface area contributed by atoms with Gasteiger partial charge in [-0.3, -0.25) is 14.5 Å². The van der Waals surface area contributed by atoms with Gasteiger partial charge in [-0.15, -0.1) is 11.8 Å². The smallest absolute Gasteiger partial charge is 0.266 e.